The number of amides is 1. The van der Waals surface area contributed by atoms with Crippen LogP contribution in [0.2, 0.25) is 0 Å². The van der Waals surface area contributed by atoms with Crippen LogP contribution in [0.25, 0.3) is 10.8 Å². The number of hydrogen-bond donors (Lipinski definition) is 2. The number of hydrogen-bond acceptors (Lipinski definition) is 4. The molecule has 152 valence electrons. The highest BCUT2D eigenvalue weighted by Gasteiger charge is 2.28. The molecule has 0 radical (unpaired) electrons. The fourth-order valence-corrected chi connectivity index (χ4v) is 2.63. The summed E-state index contributed by atoms with van der Waals surface area (Å²) in [6.45, 7) is -1.68. The Morgan fingerprint density at radius 1 is 1.03 bits per heavy atom. The van der Waals surface area contributed by atoms with Crippen LogP contribution in [0.15, 0.2) is 58.1 Å². The lowest BCUT2D eigenvalue weighted by Gasteiger charge is -2.10. The van der Waals surface area contributed by atoms with E-state index in [0.29, 0.717) is 5.56 Å². The predicted octanol–water partition coefficient (Wildman–Crippen LogP) is 1.95. The van der Waals surface area contributed by atoms with Gasteiger partial charge in [-0.15, -0.1) is 0 Å². The Hall–Kier alpha value is -3.56. The van der Waals surface area contributed by atoms with Crippen molar-refractivity contribution in [3.8, 4) is 5.75 Å². The number of benzene rings is 2. The summed E-state index contributed by atoms with van der Waals surface area (Å²) >= 11 is 0. The quantitative estimate of drug-likeness (QED) is 0.653. The van der Waals surface area contributed by atoms with Crippen molar-refractivity contribution in [3.63, 3.8) is 0 Å². The first kappa shape index (κ1) is 20.2. The van der Waals surface area contributed by atoms with Crippen molar-refractivity contribution < 1.29 is 22.7 Å². The molecule has 0 saturated heterocycles. The van der Waals surface area contributed by atoms with E-state index in [-0.39, 0.29) is 29.6 Å². The third kappa shape index (κ3) is 5.24. The Balaban J connectivity index is 1.61. The summed E-state index contributed by atoms with van der Waals surface area (Å²) in [6, 6.07) is 12.0. The molecular weight excluding hydrogens is 391 g/mol. The fraction of sp³-hybridized carbons (Fsp3) is 0.211. The Labute approximate surface area is 161 Å². The van der Waals surface area contributed by atoms with Crippen molar-refractivity contribution in [3.05, 3.63) is 74.8 Å². The highest BCUT2D eigenvalue weighted by molar-refractivity contribution is 5.81. The molecule has 0 spiro atoms. The molecule has 1 aromatic heterocycles. The maximum Gasteiger partial charge on any atom is 0.422 e. The molecule has 1 amide bonds. The van der Waals surface area contributed by atoms with Gasteiger partial charge in [0.25, 0.3) is 11.1 Å². The molecule has 0 atom stereocenters. The average Bonchev–Trinajstić information content (AvgIpc) is 2.69. The van der Waals surface area contributed by atoms with Crippen molar-refractivity contribution in [2.45, 2.75) is 19.3 Å². The second-order valence-electron chi connectivity index (χ2n) is 6.20. The second kappa shape index (κ2) is 8.21. The van der Waals surface area contributed by atoms with Gasteiger partial charge in [0.15, 0.2) is 6.61 Å². The van der Waals surface area contributed by atoms with Crippen LogP contribution in [0.3, 0.4) is 0 Å². The summed E-state index contributed by atoms with van der Waals surface area (Å²) in [5.41, 5.74) is -0.360. The van der Waals surface area contributed by atoms with Crippen LogP contribution in [-0.4, -0.2) is 28.5 Å². The van der Waals surface area contributed by atoms with Gasteiger partial charge < -0.3 is 10.1 Å². The van der Waals surface area contributed by atoms with Gasteiger partial charge in [0, 0.05) is 6.54 Å². The van der Waals surface area contributed by atoms with Crippen LogP contribution in [0.1, 0.15) is 5.56 Å². The highest BCUT2D eigenvalue weighted by atomic mass is 19.4. The van der Waals surface area contributed by atoms with E-state index < -0.39 is 29.8 Å². The molecule has 0 unspecified atom stereocenters. The molecule has 7 nitrogen and oxygen atoms in total. The van der Waals surface area contributed by atoms with Crippen molar-refractivity contribution in [2.24, 2.45) is 0 Å². The third-order valence-electron chi connectivity index (χ3n) is 4.00. The summed E-state index contributed by atoms with van der Waals surface area (Å²) in [6.07, 6.45) is -4.42. The van der Waals surface area contributed by atoms with Gasteiger partial charge in [0.1, 0.15) is 12.3 Å². The number of H-pyrrole nitrogens is 1. The van der Waals surface area contributed by atoms with Gasteiger partial charge in [-0.2, -0.15) is 13.2 Å². The first-order valence-electron chi connectivity index (χ1n) is 8.50. The standard InChI is InChI=1S/C19H16F3N3O4/c20-19(21,22)11-29-13-7-5-12(6-8-13)9-23-16(26)10-25-18(28)15-4-2-1-3-14(15)17(27)24-25/h1-8H,9-11H2,(H,23,26)(H,24,27). The summed E-state index contributed by atoms with van der Waals surface area (Å²) in [7, 11) is 0. The Kier molecular flexibility index (Phi) is 5.71. The molecule has 10 heteroatoms. The molecular formula is C19H16F3N3O4. The lowest BCUT2D eigenvalue weighted by atomic mass is 10.2. The fourth-order valence-electron chi connectivity index (χ4n) is 2.63. The maximum absolute atomic E-state index is 12.4. The number of nitrogens with zero attached hydrogens (tertiary/aromatic N) is 1. The first-order chi connectivity index (χ1) is 13.7. The smallest absolute Gasteiger partial charge is 0.422 e. The van der Waals surface area contributed by atoms with Crippen molar-refractivity contribution in [1.82, 2.24) is 15.1 Å². The molecule has 2 N–H and O–H groups in total. The number of aromatic amines is 1. The van der Waals surface area contributed by atoms with Crippen LogP contribution in [0.4, 0.5) is 13.2 Å². The molecule has 0 aliphatic carbocycles. The van der Waals surface area contributed by atoms with E-state index >= 15 is 0 Å². The van der Waals surface area contributed by atoms with Gasteiger partial charge in [-0.1, -0.05) is 24.3 Å². The van der Waals surface area contributed by atoms with Crippen LogP contribution < -0.4 is 21.2 Å². The summed E-state index contributed by atoms with van der Waals surface area (Å²) < 4.78 is 41.9. The van der Waals surface area contributed by atoms with Crippen molar-refractivity contribution in [2.75, 3.05) is 6.61 Å². The molecule has 0 aliphatic rings. The van der Waals surface area contributed by atoms with Crippen LogP contribution in [0.5, 0.6) is 5.75 Å². The van der Waals surface area contributed by atoms with E-state index in [2.05, 4.69) is 15.2 Å². The van der Waals surface area contributed by atoms with E-state index in [1.54, 1.807) is 12.1 Å². The number of aromatic nitrogens is 2. The minimum atomic E-state index is -4.42. The van der Waals surface area contributed by atoms with Crippen LogP contribution >= 0.6 is 0 Å². The number of ether oxygens (including phenoxy) is 1. The zero-order chi connectivity index (χ0) is 21.0. The molecule has 1 heterocycles. The molecule has 3 aromatic rings. The van der Waals surface area contributed by atoms with Gasteiger partial charge in [0.2, 0.25) is 5.91 Å². The monoisotopic (exact) mass is 407 g/mol. The van der Waals surface area contributed by atoms with Gasteiger partial charge in [-0.25, -0.2) is 4.68 Å². The zero-order valence-corrected chi connectivity index (χ0v) is 15.0. The molecule has 0 saturated carbocycles. The minimum Gasteiger partial charge on any atom is -0.484 e. The summed E-state index contributed by atoms with van der Waals surface area (Å²) in [5.74, 6) is -0.465. The first-order valence-corrected chi connectivity index (χ1v) is 8.50. The topological polar surface area (TPSA) is 93.2 Å². The van der Waals surface area contributed by atoms with Crippen LogP contribution in [0, 0.1) is 0 Å². The van der Waals surface area contributed by atoms with Gasteiger partial charge in [-0.05, 0) is 29.8 Å². The number of alkyl halides is 3. The van der Waals surface area contributed by atoms with E-state index in [9.17, 15) is 27.6 Å². The second-order valence-corrected chi connectivity index (χ2v) is 6.20. The molecule has 3 rings (SSSR count). The molecule has 0 aliphatic heterocycles. The lowest BCUT2D eigenvalue weighted by molar-refractivity contribution is -0.153. The average molecular weight is 407 g/mol. The largest absolute Gasteiger partial charge is 0.484 e. The summed E-state index contributed by atoms with van der Waals surface area (Å²) in [5, 5.41) is 5.38. The number of halogens is 3. The number of rotatable bonds is 6. The zero-order valence-electron chi connectivity index (χ0n) is 15.0. The molecule has 0 fully saturated rings. The SMILES string of the molecule is O=C(Cn1[nH]c(=O)c2ccccc2c1=O)NCc1ccc(OCC(F)(F)F)cc1. The van der Waals surface area contributed by atoms with Crippen molar-refractivity contribution in [1.29, 1.82) is 0 Å². The Morgan fingerprint density at radius 3 is 2.34 bits per heavy atom. The van der Waals surface area contributed by atoms with E-state index in [4.69, 9.17) is 0 Å². The molecule has 0 bridgehead atoms. The summed E-state index contributed by atoms with van der Waals surface area (Å²) in [4.78, 5) is 36.5. The van der Waals surface area contributed by atoms with Crippen LogP contribution in [-0.2, 0) is 17.9 Å². The normalized spacial score (nSPS) is 11.4. The van der Waals surface area contributed by atoms with Gasteiger partial charge in [-0.3, -0.25) is 19.5 Å². The van der Waals surface area contributed by atoms with Gasteiger partial charge >= 0.3 is 6.18 Å². The van der Waals surface area contributed by atoms with Gasteiger partial charge in [0.05, 0.1) is 10.8 Å². The highest BCUT2D eigenvalue weighted by Crippen LogP contribution is 2.18. The van der Waals surface area contributed by atoms with E-state index in [1.165, 1.54) is 36.4 Å². The predicted molar refractivity (Wildman–Crippen MR) is 98.7 cm³/mol. The lowest BCUT2D eigenvalue weighted by Crippen LogP contribution is -2.36. The number of carbonyl (C=O) groups excluding carboxylic acids is 1. The van der Waals surface area contributed by atoms with E-state index in [1.807, 2.05) is 0 Å². The van der Waals surface area contributed by atoms with Crippen molar-refractivity contribution >= 4 is 16.7 Å². The Bertz CT molecular complexity index is 1130. The maximum atomic E-state index is 12.4. The molecule has 29 heavy (non-hydrogen) atoms. The number of carbonyl (C=O) groups is 1. The Morgan fingerprint density at radius 2 is 1.69 bits per heavy atom. The van der Waals surface area contributed by atoms with E-state index in [0.717, 1.165) is 4.68 Å². The number of fused-ring (bicyclic) bond motifs is 1. The molecule has 2 aromatic carbocycles. The minimum absolute atomic E-state index is 0.0534. The number of nitrogens with one attached hydrogen (secondary N) is 2. The third-order valence-corrected chi connectivity index (χ3v) is 4.00.